The summed E-state index contributed by atoms with van der Waals surface area (Å²) in [5, 5.41) is 3.16. The van der Waals surface area contributed by atoms with E-state index >= 15 is 0 Å². The van der Waals surface area contributed by atoms with Gasteiger partial charge in [0.15, 0.2) is 0 Å². The highest BCUT2D eigenvalue weighted by Crippen LogP contribution is 2.16. The lowest BCUT2D eigenvalue weighted by Crippen LogP contribution is -2.05. The molecule has 0 aliphatic rings. The van der Waals surface area contributed by atoms with E-state index in [1.807, 2.05) is 12.1 Å². The zero-order chi connectivity index (χ0) is 14.0. The zero-order valence-corrected chi connectivity index (χ0v) is 11.3. The van der Waals surface area contributed by atoms with E-state index in [-0.39, 0.29) is 5.82 Å². The van der Waals surface area contributed by atoms with E-state index in [2.05, 4.69) is 15.3 Å². The van der Waals surface area contributed by atoms with E-state index < -0.39 is 0 Å². The summed E-state index contributed by atoms with van der Waals surface area (Å²) < 4.78 is 13.5. The minimum atomic E-state index is -0.147. The summed E-state index contributed by atoms with van der Waals surface area (Å²) >= 11 is 0. The van der Waals surface area contributed by atoms with Crippen molar-refractivity contribution in [2.24, 2.45) is 0 Å². The molecular weight excluding hydrogens is 243 g/mol. The first-order valence-electron chi connectivity index (χ1n) is 6.06. The van der Waals surface area contributed by atoms with Crippen molar-refractivity contribution in [2.45, 2.75) is 27.3 Å². The third-order valence-electron chi connectivity index (χ3n) is 2.83. The van der Waals surface area contributed by atoms with Crippen molar-refractivity contribution in [3.63, 3.8) is 0 Å². The molecule has 0 aliphatic heterocycles. The van der Waals surface area contributed by atoms with Gasteiger partial charge in [-0.05, 0) is 37.5 Å². The monoisotopic (exact) mass is 260 g/mol. The summed E-state index contributed by atoms with van der Waals surface area (Å²) in [4.78, 5) is 8.24. The van der Waals surface area contributed by atoms with Crippen LogP contribution in [0, 0.1) is 26.6 Å². The molecule has 0 atom stereocenters. The standard InChI is InChI=1S/C14H17FN4/c1-8-4-11(5-9(2)14(8)15)7-17-13-6-12(16)18-10(3)19-13/h4-6H,7H2,1-3H3,(H3,16,17,18,19). The van der Waals surface area contributed by atoms with E-state index in [1.165, 1.54) is 0 Å². The Morgan fingerprint density at radius 2 is 1.74 bits per heavy atom. The molecule has 1 aromatic heterocycles. The van der Waals surface area contributed by atoms with Crippen molar-refractivity contribution >= 4 is 11.6 Å². The fraction of sp³-hybridized carbons (Fsp3) is 0.286. The highest BCUT2D eigenvalue weighted by atomic mass is 19.1. The lowest BCUT2D eigenvalue weighted by atomic mass is 10.1. The molecule has 4 nitrogen and oxygen atoms in total. The second kappa shape index (κ2) is 5.22. The molecule has 0 saturated carbocycles. The molecule has 0 spiro atoms. The van der Waals surface area contributed by atoms with Gasteiger partial charge in [-0.2, -0.15) is 0 Å². The molecule has 5 heteroatoms. The topological polar surface area (TPSA) is 63.8 Å². The van der Waals surface area contributed by atoms with Gasteiger partial charge >= 0.3 is 0 Å². The first-order valence-corrected chi connectivity index (χ1v) is 6.06. The molecule has 100 valence electrons. The van der Waals surface area contributed by atoms with Gasteiger partial charge < -0.3 is 11.1 Å². The van der Waals surface area contributed by atoms with Crippen LogP contribution in [0.4, 0.5) is 16.0 Å². The lowest BCUT2D eigenvalue weighted by molar-refractivity contribution is 0.608. The number of nitrogens with two attached hydrogens (primary N) is 1. The highest BCUT2D eigenvalue weighted by Gasteiger charge is 2.05. The zero-order valence-electron chi connectivity index (χ0n) is 11.3. The van der Waals surface area contributed by atoms with Crippen LogP contribution in [0.3, 0.4) is 0 Å². The number of anilines is 2. The quantitative estimate of drug-likeness (QED) is 0.890. The number of hydrogen-bond acceptors (Lipinski definition) is 4. The van der Waals surface area contributed by atoms with Gasteiger partial charge in [0, 0.05) is 12.6 Å². The Balaban J connectivity index is 2.14. The molecule has 0 saturated heterocycles. The molecule has 3 N–H and O–H groups in total. The summed E-state index contributed by atoms with van der Waals surface area (Å²) in [7, 11) is 0. The summed E-state index contributed by atoms with van der Waals surface area (Å²) in [5.74, 6) is 1.57. The van der Waals surface area contributed by atoms with Crippen LogP contribution >= 0.6 is 0 Å². The number of hydrogen-bond donors (Lipinski definition) is 2. The first-order chi connectivity index (χ1) is 8.95. The van der Waals surface area contributed by atoms with Crippen molar-refractivity contribution in [1.29, 1.82) is 0 Å². The second-order valence-corrected chi connectivity index (χ2v) is 4.62. The minimum absolute atomic E-state index is 0.147. The van der Waals surface area contributed by atoms with Crippen LogP contribution in [0.5, 0.6) is 0 Å². The molecule has 0 amide bonds. The maximum absolute atomic E-state index is 13.5. The average Bonchev–Trinajstić information content (AvgIpc) is 2.32. The van der Waals surface area contributed by atoms with E-state index in [1.54, 1.807) is 26.8 Å². The molecule has 19 heavy (non-hydrogen) atoms. The normalized spacial score (nSPS) is 10.5. The Hall–Kier alpha value is -2.17. The number of rotatable bonds is 3. The van der Waals surface area contributed by atoms with Crippen LogP contribution < -0.4 is 11.1 Å². The number of nitrogen functional groups attached to an aromatic ring is 1. The number of halogens is 1. The Labute approximate surface area is 111 Å². The predicted octanol–water partition coefficient (Wildman–Crippen LogP) is 2.74. The maximum atomic E-state index is 13.5. The molecule has 2 aromatic rings. The van der Waals surface area contributed by atoms with Crippen LogP contribution in [0.2, 0.25) is 0 Å². The van der Waals surface area contributed by atoms with Gasteiger partial charge in [0.05, 0.1) is 0 Å². The van der Waals surface area contributed by atoms with Gasteiger partial charge in [0.25, 0.3) is 0 Å². The number of benzene rings is 1. The number of nitrogens with one attached hydrogen (secondary N) is 1. The van der Waals surface area contributed by atoms with Gasteiger partial charge in [-0.3, -0.25) is 0 Å². The van der Waals surface area contributed by atoms with Gasteiger partial charge in [0.2, 0.25) is 0 Å². The van der Waals surface area contributed by atoms with Crippen molar-refractivity contribution in [3.05, 3.63) is 46.5 Å². The number of aromatic nitrogens is 2. The SMILES string of the molecule is Cc1nc(N)cc(NCc2cc(C)c(F)c(C)c2)n1. The maximum Gasteiger partial charge on any atom is 0.132 e. The van der Waals surface area contributed by atoms with Crippen LogP contribution in [-0.4, -0.2) is 9.97 Å². The first kappa shape index (κ1) is 13.3. The van der Waals surface area contributed by atoms with E-state index in [9.17, 15) is 4.39 Å². The van der Waals surface area contributed by atoms with Gasteiger partial charge in [-0.1, -0.05) is 12.1 Å². The van der Waals surface area contributed by atoms with Crippen LogP contribution in [0.1, 0.15) is 22.5 Å². The molecule has 0 radical (unpaired) electrons. The van der Waals surface area contributed by atoms with Crippen molar-refractivity contribution in [1.82, 2.24) is 9.97 Å². The largest absolute Gasteiger partial charge is 0.384 e. The van der Waals surface area contributed by atoms with Crippen molar-refractivity contribution < 1.29 is 4.39 Å². The van der Waals surface area contributed by atoms with Crippen LogP contribution in [-0.2, 0) is 6.54 Å². The fourth-order valence-electron chi connectivity index (χ4n) is 2.01. The van der Waals surface area contributed by atoms with E-state index in [0.29, 0.717) is 35.1 Å². The average molecular weight is 260 g/mol. The smallest absolute Gasteiger partial charge is 0.132 e. The molecule has 1 aromatic carbocycles. The molecular formula is C14H17FN4. The molecule has 0 bridgehead atoms. The second-order valence-electron chi connectivity index (χ2n) is 4.62. The number of nitrogens with zero attached hydrogens (tertiary/aromatic N) is 2. The predicted molar refractivity (Wildman–Crippen MR) is 74.4 cm³/mol. The molecule has 0 unspecified atom stereocenters. The van der Waals surface area contributed by atoms with E-state index in [0.717, 1.165) is 5.56 Å². The van der Waals surface area contributed by atoms with E-state index in [4.69, 9.17) is 5.73 Å². The number of aryl methyl sites for hydroxylation is 3. The van der Waals surface area contributed by atoms with Gasteiger partial charge in [-0.15, -0.1) is 0 Å². The minimum Gasteiger partial charge on any atom is -0.384 e. The third-order valence-corrected chi connectivity index (χ3v) is 2.83. The molecule has 1 heterocycles. The Kier molecular flexibility index (Phi) is 3.64. The molecule has 0 aliphatic carbocycles. The highest BCUT2D eigenvalue weighted by molar-refractivity contribution is 5.45. The summed E-state index contributed by atoms with van der Waals surface area (Å²) in [6.07, 6.45) is 0. The fourth-order valence-corrected chi connectivity index (χ4v) is 2.01. The van der Waals surface area contributed by atoms with Crippen LogP contribution in [0.15, 0.2) is 18.2 Å². The third kappa shape index (κ3) is 3.19. The van der Waals surface area contributed by atoms with Gasteiger partial charge in [0.1, 0.15) is 23.3 Å². The van der Waals surface area contributed by atoms with Crippen molar-refractivity contribution in [2.75, 3.05) is 11.1 Å². The lowest BCUT2D eigenvalue weighted by Gasteiger charge is -2.09. The Morgan fingerprint density at radius 1 is 1.11 bits per heavy atom. The molecule has 0 fully saturated rings. The summed E-state index contributed by atoms with van der Waals surface area (Å²) in [5.41, 5.74) is 7.96. The van der Waals surface area contributed by atoms with Crippen molar-refractivity contribution in [3.8, 4) is 0 Å². The summed E-state index contributed by atoms with van der Waals surface area (Å²) in [6.45, 7) is 5.88. The Bertz CT molecular complexity index is 567. The van der Waals surface area contributed by atoms with Crippen LogP contribution in [0.25, 0.3) is 0 Å². The van der Waals surface area contributed by atoms with Gasteiger partial charge in [-0.25, -0.2) is 14.4 Å². The summed E-state index contributed by atoms with van der Waals surface area (Å²) in [6, 6.07) is 5.33. The molecule has 2 rings (SSSR count). The Morgan fingerprint density at radius 3 is 2.32 bits per heavy atom.